The minimum Gasteiger partial charge on any atom is -0.469 e. The third kappa shape index (κ3) is 2.38. The quantitative estimate of drug-likeness (QED) is 0.598. The molecule has 0 saturated heterocycles. The van der Waals surface area contributed by atoms with Crippen molar-refractivity contribution in [1.29, 1.82) is 0 Å². The molecule has 1 N–H and O–H groups in total. The van der Waals surface area contributed by atoms with E-state index in [0.29, 0.717) is 11.8 Å². The van der Waals surface area contributed by atoms with Crippen LogP contribution in [0.15, 0.2) is 11.6 Å². The van der Waals surface area contributed by atoms with Crippen LogP contribution in [0.5, 0.6) is 0 Å². The summed E-state index contributed by atoms with van der Waals surface area (Å²) in [6.07, 6.45) is 9.15. The topological polar surface area (TPSA) is 46.5 Å². The van der Waals surface area contributed by atoms with E-state index in [4.69, 9.17) is 4.74 Å². The summed E-state index contributed by atoms with van der Waals surface area (Å²) < 4.78 is 5.19. The number of rotatable bonds is 2. The van der Waals surface area contributed by atoms with E-state index in [-0.39, 0.29) is 28.3 Å². The minimum absolute atomic E-state index is 0.00580. The number of aliphatic hydroxyl groups excluding tert-OH is 1. The largest absolute Gasteiger partial charge is 0.469 e. The van der Waals surface area contributed by atoms with Crippen LogP contribution in [0.4, 0.5) is 0 Å². The SMILES string of the molecule is CC[C@]1(C)CC2=CCC3[C@](C)(C(=O)OC)CCC[C@]3(C)[C@H]2C[C@H]1O. The van der Waals surface area contributed by atoms with Crippen LogP contribution in [0.3, 0.4) is 0 Å². The molecule has 3 aliphatic rings. The van der Waals surface area contributed by atoms with Gasteiger partial charge in [-0.05, 0) is 68.1 Å². The van der Waals surface area contributed by atoms with Gasteiger partial charge in [0.2, 0.25) is 0 Å². The van der Waals surface area contributed by atoms with E-state index in [1.54, 1.807) is 0 Å². The van der Waals surface area contributed by atoms with Crippen molar-refractivity contribution in [2.45, 2.75) is 78.7 Å². The highest BCUT2D eigenvalue weighted by atomic mass is 16.5. The first-order valence-electron chi connectivity index (χ1n) is 9.66. The first-order chi connectivity index (χ1) is 11.2. The molecular weight excluding hydrogens is 300 g/mol. The molecule has 0 heterocycles. The zero-order valence-corrected chi connectivity index (χ0v) is 16.0. The Morgan fingerprint density at radius 1 is 1.33 bits per heavy atom. The van der Waals surface area contributed by atoms with Crippen molar-refractivity contribution in [3.05, 3.63) is 11.6 Å². The Morgan fingerprint density at radius 3 is 2.67 bits per heavy atom. The number of aliphatic hydroxyl groups is 1. The average molecular weight is 334 g/mol. The molecule has 2 fully saturated rings. The fraction of sp³-hybridized carbons (Fsp3) is 0.857. The lowest BCUT2D eigenvalue weighted by Crippen LogP contribution is -2.55. The van der Waals surface area contributed by atoms with Gasteiger partial charge in [-0.25, -0.2) is 0 Å². The molecule has 3 rings (SSSR count). The molecule has 24 heavy (non-hydrogen) atoms. The lowest BCUT2D eigenvalue weighted by molar-refractivity contribution is -0.168. The number of carbonyl (C=O) groups excluding carboxylic acids is 1. The van der Waals surface area contributed by atoms with Gasteiger partial charge < -0.3 is 9.84 Å². The van der Waals surface area contributed by atoms with Crippen LogP contribution in [0, 0.1) is 28.1 Å². The van der Waals surface area contributed by atoms with Crippen molar-refractivity contribution >= 4 is 5.97 Å². The lowest BCUT2D eigenvalue weighted by atomic mass is 9.45. The lowest BCUT2D eigenvalue weighted by Gasteiger charge is -2.59. The van der Waals surface area contributed by atoms with E-state index in [0.717, 1.165) is 44.9 Å². The molecule has 0 amide bonds. The maximum absolute atomic E-state index is 12.6. The summed E-state index contributed by atoms with van der Waals surface area (Å²) in [6, 6.07) is 0. The van der Waals surface area contributed by atoms with E-state index in [1.165, 1.54) is 12.7 Å². The zero-order valence-electron chi connectivity index (χ0n) is 16.0. The highest BCUT2D eigenvalue weighted by Gasteiger charge is 2.59. The summed E-state index contributed by atoms with van der Waals surface area (Å²) in [4.78, 5) is 12.6. The molecule has 0 bridgehead atoms. The molecular formula is C21H34O3. The summed E-state index contributed by atoms with van der Waals surface area (Å²) in [5, 5.41) is 10.8. The molecule has 0 spiro atoms. The Bertz CT molecular complexity index is 553. The molecule has 0 aromatic carbocycles. The fourth-order valence-electron chi connectivity index (χ4n) is 6.24. The predicted octanol–water partition coefficient (Wildman–Crippen LogP) is 4.49. The molecule has 0 aliphatic heterocycles. The molecule has 136 valence electrons. The maximum atomic E-state index is 12.6. The first-order valence-corrected chi connectivity index (χ1v) is 9.66. The van der Waals surface area contributed by atoms with Crippen molar-refractivity contribution in [2.75, 3.05) is 7.11 Å². The van der Waals surface area contributed by atoms with Gasteiger partial charge in [-0.1, -0.05) is 38.8 Å². The standard InChI is InChI=1S/C21H34O3/c1-6-19(2)13-14-8-9-16-20(3,15(14)12-17(19)22)10-7-11-21(16,4)18(23)24-5/h8,15-17,22H,6-7,9-13H2,1-5H3/t15-,16?,17+,19+,20+,21+/m0/s1. The zero-order chi connectivity index (χ0) is 17.8. The second-order valence-corrected chi connectivity index (χ2v) is 9.32. The fourth-order valence-corrected chi connectivity index (χ4v) is 6.24. The van der Waals surface area contributed by atoms with Crippen molar-refractivity contribution in [3.8, 4) is 0 Å². The number of esters is 1. The smallest absolute Gasteiger partial charge is 0.311 e. The second kappa shape index (κ2) is 5.86. The van der Waals surface area contributed by atoms with Crippen molar-refractivity contribution < 1.29 is 14.6 Å². The van der Waals surface area contributed by atoms with Gasteiger partial charge in [0.15, 0.2) is 0 Å². The van der Waals surface area contributed by atoms with Crippen LogP contribution >= 0.6 is 0 Å². The Labute approximate surface area is 146 Å². The summed E-state index contributed by atoms with van der Waals surface area (Å²) in [5.74, 6) is 0.679. The number of carbonyl (C=O) groups is 1. The van der Waals surface area contributed by atoms with Gasteiger partial charge in [0.05, 0.1) is 18.6 Å². The summed E-state index contributed by atoms with van der Waals surface area (Å²) in [7, 11) is 1.51. The van der Waals surface area contributed by atoms with Gasteiger partial charge in [-0.3, -0.25) is 4.79 Å². The summed E-state index contributed by atoms with van der Waals surface area (Å²) in [6.45, 7) is 8.89. The van der Waals surface area contributed by atoms with Crippen molar-refractivity contribution in [1.82, 2.24) is 0 Å². The highest BCUT2D eigenvalue weighted by molar-refractivity contribution is 5.77. The number of methoxy groups -OCH3 is 1. The van der Waals surface area contributed by atoms with Crippen LogP contribution < -0.4 is 0 Å². The van der Waals surface area contributed by atoms with Crippen molar-refractivity contribution in [2.24, 2.45) is 28.1 Å². The van der Waals surface area contributed by atoms with Crippen LogP contribution in [0.2, 0.25) is 0 Å². The number of allylic oxidation sites excluding steroid dienone is 2. The average Bonchev–Trinajstić information content (AvgIpc) is 2.55. The summed E-state index contributed by atoms with van der Waals surface area (Å²) >= 11 is 0. The molecule has 3 aliphatic carbocycles. The summed E-state index contributed by atoms with van der Waals surface area (Å²) in [5.41, 5.74) is 1.26. The molecule has 6 atom stereocenters. The van der Waals surface area contributed by atoms with Crippen LogP contribution in [0.25, 0.3) is 0 Å². The van der Waals surface area contributed by atoms with Gasteiger partial charge in [-0.15, -0.1) is 0 Å². The third-order valence-corrected chi connectivity index (χ3v) is 8.17. The first kappa shape index (κ1) is 18.0. The molecule has 2 saturated carbocycles. The maximum Gasteiger partial charge on any atom is 0.311 e. The van der Waals surface area contributed by atoms with E-state index in [2.05, 4.69) is 33.8 Å². The van der Waals surface area contributed by atoms with E-state index in [1.807, 2.05) is 0 Å². The molecule has 3 nitrogen and oxygen atoms in total. The second-order valence-electron chi connectivity index (χ2n) is 9.32. The number of hydrogen-bond acceptors (Lipinski definition) is 3. The monoisotopic (exact) mass is 334 g/mol. The molecule has 1 unspecified atom stereocenters. The Balaban J connectivity index is 1.98. The highest BCUT2D eigenvalue weighted by Crippen LogP contribution is 2.64. The predicted molar refractivity (Wildman–Crippen MR) is 95.4 cm³/mol. The number of ether oxygens (including phenoxy) is 1. The molecule has 0 aromatic heterocycles. The number of hydrogen-bond donors (Lipinski definition) is 1. The van der Waals surface area contributed by atoms with Gasteiger partial charge in [0.25, 0.3) is 0 Å². The Hall–Kier alpha value is -0.830. The Kier molecular flexibility index (Phi) is 4.39. The van der Waals surface area contributed by atoms with Crippen LogP contribution in [-0.2, 0) is 9.53 Å². The Morgan fingerprint density at radius 2 is 2.04 bits per heavy atom. The van der Waals surface area contributed by atoms with Gasteiger partial charge >= 0.3 is 5.97 Å². The van der Waals surface area contributed by atoms with E-state index in [9.17, 15) is 9.90 Å². The normalized spacial score (nSPS) is 48.1. The molecule has 3 heteroatoms. The van der Waals surface area contributed by atoms with Gasteiger partial charge in [-0.2, -0.15) is 0 Å². The van der Waals surface area contributed by atoms with Gasteiger partial charge in [0, 0.05) is 0 Å². The van der Waals surface area contributed by atoms with Gasteiger partial charge in [0.1, 0.15) is 0 Å². The molecule has 0 radical (unpaired) electrons. The number of fused-ring (bicyclic) bond motifs is 3. The van der Waals surface area contributed by atoms with E-state index < -0.39 is 0 Å². The minimum atomic E-state index is -0.389. The van der Waals surface area contributed by atoms with Crippen LogP contribution in [-0.4, -0.2) is 24.3 Å². The van der Waals surface area contributed by atoms with Crippen molar-refractivity contribution in [3.63, 3.8) is 0 Å². The molecule has 0 aromatic rings. The van der Waals surface area contributed by atoms with Crippen LogP contribution in [0.1, 0.15) is 72.6 Å². The third-order valence-electron chi connectivity index (χ3n) is 8.17. The van der Waals surface area contributed by atoms with E-state index >= 15 is 0 Å².